The van der Waals surface area contributed by atoms with E-state index in [0.717, 1.165) is 34.6 Å². The average molecular weight is 437 g/mol. The Kier molecular flexibility index (Phi) is 5.37. The highest BCUT2D eigenvalue weighted by molar-refractivity contribution is 7.80. The highest BCUT2D eigenvalue weighted by atomic mass is 32.1. The topological polar surface area (TPSA) is 48.1 Å². The Morgan fingerprint density at radius 1 is 0.733 bits per heavy atom. The van der Waals surface area contributed by atoms with Gasteiger partial charge in [-0.3, -0.25) is 10.9 Å². The van der Waals surface area contributed by atoms with E-state index in [4.69, 9.17) is 24.4 Å². The molecule has 2 aromatic carbocycles. The smallest absolute Gasteiger partial charge is 0.189 e. The summed E-state index contributed by atoms with van der Waals surface area (Å²) in [6, 6.07) is 18.5. The van der Waals surface area contributed by atoms with E-state index in [1.54, 1.807) is 0 Å². The molecule has 4 N–H and O–H groups in total. The predicted molar refractivity (Wildman–Crippen MR) is 131 cm³/mol. The second-order valence-electron chi connectivity index (χ2n) is 9.27. The van der Waals surface area contributed by atoms with Gasteiger partial charge in [-0.2, -0.15) is 0 Å². The molecule has 4 fully saturated rings. The summed E-state index contributed by atoms with van der Waals surface area (Å²) in [7, 11) is 0. The summed E-state index contributed by atoms with van der Waals surface area (Å²) in [5, 5.41) is 8.08. The Bertz CT molecular complexity index is 908. The first-order chi connectivity index (χ1) is 14.6. The first-order valence-electron chi connectivity index (χ1n) is 10.9. The SMILES string of the molecule is S=C(NNC(=S)NC12CC3CC(CC(C3)C1)C2)Nc1ccccc1-c1ccccc1. The molecule has 0 heterocycles. The van der Waals surface area contributed by atoms with Crippen molar-refractivity contribution in [2.45, 2.75) is 44.1 Å². The van der Waals surface area contributed by atoms with Crippen LogP contribution in [-0.2, 0) is 0 Å². The van der Waals surface area contributed by atoms with E-state index >= 15 is 0 Å². The van der Waals surface area contributed by atoms with Crippen LogP contribution in [0, 0.1) is 17.8 Å². The number of anilines is 1. The van der Waals surface area contributed by atoms with Crippen LogP contribution < -0.4 is 21.5 Å². The molecule has 0 spiro atoms. The molecule has 6 heteroatoms. The Hall–Kier alpha value is -2.18. The molecule has 0 amide bonds. The van der Waals surface area contributed by atoms with Crippen LogP contribution in [0.15, 0.2) is 54.6 Å². The third kappa shape index (κ3) is 4.16. The maximum atomic E-state index is 5.60. The molecule has 30 heavy (non-hydrogen) atoms. The largest absolute Gasteiger partial charge is 0.356 e. The van der Waals surface area contributed by atoms with E-state index in [-0.39, 0.29) is 5.54 Å². The maximum absolute atomic E-state index is 5.60. The average Bonchev–Trinajstić information content (AvgIpc) is 2.72. The van der Waals surface area contributed by atoms with Crippen molar-refractivity contribution >= 4 is 40.3 Å². The molecule has 2 aromatic rings. The lowest BCUT2D eigenvalue weighted by Gasteiger charge is -2.57. The van der Waals surface area contributed by atoms with Crippen LogP contribution in [0.1, 0.15) is 38.5 Å². The minimum atomic E-state index is 0.190. The maximum Gasteiger partial charge on any atom is 0.189 e. The molecule has 0 saturated heterocycles. The quantitative estimate of drug-likeness (QED) is 0.402. The van der Waals surface area contributed by atoms with Crippen molar-refractivity contribution < 1.29 is 0 Å². The van der Waals surface area contributed by atoms with E-state index in [9.17, 15) is 0 Å². The van der Waals surface area contributed by atoms with Crippen LogP contribution in [0.25, 0.3) is 11.1 Å². The van der Waals surface area contributed by atoms with Crippen molar-refractivity contribution in [2.75, 3.05) is 5.32 Å². The zero-order valence-corrected chi connectivity index (χ0v) is 18.6. The van der Waals surface area contributed by atoms with E-state index in [1.807, 2.05) is 36.4 Å². The molecule has 0 unspecified atom stereocenters. The van der Waals surface area contributed by atoms with Gasteiger partial charge in [0.15, 0.2) is 10.2 Å². The van der Waals surface area contributed by atoms with Gasteiger partial charge in [-0.15, -0.1) is 0 Å². The van der Waals surface area contributed by atoms with Crippen molar-refractivity contribution in [2.24, 2.45) is 17.8 Å². The van der Waals surface area contributed by atoms with Crippen LogP contribution in [0.4, 0.5) is 5.69 Å². The number of thiocarbonyl (C=S) groups is 2. The number of hydrazine groups is 1. The lowest BCUT2D eigenvalue weighted by Crippen LogP contribution is -2.62. The molecule has 156 valence electrons. The third-order valence-corrected chi connectivity index (χ3v) is 7.37. The van der Waals surface area contributed by atoms with Crippen molar-refractivity contribution in [1.82, 2.24) is 16.2 Å². The summed E-state index contributed by atoms with van der Waals surface area (Å²) in [6.07, 6.45) is 8.05. The first kappa shape index (κ1) is 19.8. The molecule has 4 bridgehead atoms. The van der Waals surface area contributed by atoms with Crippen LogP contribution in [0.3, 0.4) is 0 Å². The van der Waals surface area contributed by atoms with Crippen LogP contribution in [0.2, 0.25) is 0 Å². The van der Waals surface area contributed by atoms with Gasteiger partial charge < -0.3 is 10.6 Å². The number of benzene rings is 2. The number of nitrogens with one attached hydrogen (secondary N) is 4. The second-order valence-corrected chi connectivity index (χ2v) is 10.1. The number of para-hydroxylation sites is 1. The van der Waals surface area contributed by atoms with Gasteiger partial charge in [-0.1, -0.05) is 48.5 Å². The highest BCUT2D eigenvalue weighted by Crippen LogP contribution is 2.55. The summed E-state index contributed by atoms with van der Waals surface area (Å²) in [6.45, 7) is 0. The minimum Gasteiger partial charge on any atom is -0.356 e. The molecule has 0 radical (unpaired) electrons. The Morgan fingerprint density at radius 3 is 1.97 bits per heavy atom. The van der Waals surface area contributed by atoms with Gasteiger partial charge in [0.05, 0.1) is 0 Å². The summed E-state index contributed by atoms with van der Waals surface area (Å²) in [5.74, 6) is 2.66. The van der Waals surface area contributed by atoms with Crippen molar-refractivity contribution in [1.29, 1.82) is 0 Å². The van der Waals surface area contributed by atoms with Crippen molar-refractivity contribution in [3.05, 3.63) is 54.6 Å². The molecular formula is C24H28N4S2. The molecular weight excluding hydrogens is 408 g/mol. The van der Waals surface area contributed by atoms with Crippen LogP contribution in [0.5, 0.6) is 0 Å². The van der Waals surface area contributed by atoms with Gasteiger partial charge in [0, 0.05) is 16.8 Å². The lowest BCUT2D eigenvalue weighted by atomic mass is 9.53. The Balaban J connectivity index is 1.17. The molecule has 4 aliphatic carbocycles. The van der Waals surface area contributed by atoms with Crippen molar-refractivity contribution in [3.8, 4) is 11.1 Å². The van der Waals surface area contributed by atoms with Gasteiger partial charge >= 0.3 is 0 Å². The standard InChI is InChI=1S/C24H28N4S2/c29-22(25-21-9-5-4-8-20(21)19-6-2-1-3-7-19)27-28-23(30)26-24-13-16-10-17(14-24)12-18(11-16)15-24/h1-9,16-18H,10-15H2,(H2,25,27,29)(H2,26,28,30). The van der Waals surface area contributed by atoms with E-state index in [1.165, 1.54) is 38.5 Å². The molecule has 6 rings (SSSR count). The summed E-state index contributed by atoms with van der Waals surface area (Å²) >= 11 is 11.1. The number of hydrogen-bond acceptors (Lipinski definition) is 2. The van der Waals surface area contributed by atoms with Gasteiger partial charge in [0.1, 0.15) is 0 Å². The minimum absolute atomic E-state index is 0.190. The second kappa shape index (κ2) is 8.16. The summed E-state index contributed by atoms with van der Waals surface area (Å²) in [4.78, 5) is 0. The van der Waals surface area contributed by atoms with Crippen LogP contribution >= 0.6 is 24.4 Å². The fourth-order valence-electron chi connectivity index (χ4n) is 6.26. The first-order valence-corrected chi connectivity index (χ1v) is 11.7. The van der Waals surface area contributed by atoms with Gasteiger partial charge in [-0.25, -0.2) is 0 Å². The van der Waals surface area contributed by atoms with E-state index in [2.05, 4.69) is 39.7 Å². The predicted octanol–water partition coefficient (Wildman–Crippen LogP) is 4.99. The summed E-state index contributed by atoms with van der Waals surface area (Å²) < 4.78 is 0. The number of rotatable bonds is 3. The zero-order valence-electron chi connectivity index (χ0n) is 17.0. The monoisotopic (exact) mass is 436 g/mol. The van der Waals surface area contributed by atoms with Crippen LogP contribution in [-0.4, -0.2) is 15.8 Å². The zero-order chi connectivity index (χ0) is 20.6. The Labute approximate surface area is 189 Å². The Morgan fingerprint density at radius 2 is 1.30 bits per heavy atom. The van der Waals surface area contributed by atoms with E-state index in [0.29, 0.717) is 10.2 Å². The third-order valence-electron chi connectivity index (χ3n) is 6.97. The molecule has 4 aliphatic rings. The van der Waals surface area contributed by atoms with Gasteiger partial charge in [-0.05, 0) is 92.3 Å². The molecule has 4 nitrogen and oxygen atoms in total. The fourth-order valence-corrected chi connectivity index (χ4v) is 6.69. The van der Waals surface area contributed by atoms with E-state index < -0.39 is 0 Å². The lowest BCUT2D eigenvalue weighted by molar-refractivity contribution is -0.0102. The molecule has 0 aromatic heterocycles. The normalized spacial score (nSPS) is 28.6. The van der Waals surface area contributed by atoms with Gasteiger partial charge in [0.25, 0.3) is 0 Å². The molecule has 4 saturated carbocycles. The highest BCUT2D eigenvalue weighted by Gasteiger charge is 2.51. The van der Waals surface area contributed by atoms with Crippen molar-refractivity contribution in [3.63, 3.8) is 0 Å². The number of hydrogen-bond donors (Lipinski definition) is 4. The summed E-state index contributed by atoms with van der Waals surface area (Å²) in [5.41, 5.74) is 9.57. The van der Waals surface area contributed by atoms with Gasteiger partial charge in [0.2, 0.25) is 0 Å². The molecule has 0 aliphatic heterocycles. The fraction of sp³-hybridized carbons (Fsp3) is 0.417. The molecule has 0 atom stereocenters.